The molecule has 1 aromatic heterocycles. The molecule has 0 atom stereocenters. The minimum Gasteiger partial charge on any atom is -0.384 e. The van der Waals surface area contributed by atoms with Gasteiger partial charge in [-0.3, -0.25) is 0 Å². The zero-order valence-corrected chi connectivity index (χ0v) is 11.4. The molecule has 16 heavy (non-hydrogen) atoms. The zero-order valence-electron chi connectivity index (χ0n) is 10.6. The van der Waals surface area contributed by atoms with Crippen molar-refractivity contribution in [2.45, 2.75) is 46.6 Å². The SMILES string of the molecule is CCCc1nc(CCSCC)c(N)n1CC. The Bertz CT molecular complexity index is 320. The van der Waals surface area contributed by atoms with Gasteiger partial charge < -0.3 is 10.3 Å². The van der Waals surface area contributed by atoms with Crippen molar-refractivity contribution in [1.82, 2.24) is 9.55 Å². The summed E-state index contributed by atoms with van der Waals surface area (Å²) in [5, 5.41) is 0. The van der Waals surface area contributed by atoms with E-state index in [1.807, 2.05) is 11.8 Å². The molecule has 0 aliphatic carbocycles. The van der Waals surface area contributed by atoms with Crippen molar-refractivity contribution in [3.05, 3.63) is 11.5 Å². The molecule has 1 heterocycles. The first-order valence-electron chi connectivity index (χ1n) is 6.16. The van der Waals surface area contributed by atoms with Gasteiger partial charge in [0.15, 0.2) is 0 Å². The Hall–Kier alpha value is -0.640. The fourth-order valence-corrected chi connectivity index (χ4v) is 2.46. The van der Waals surface area contributed by atoms with Gasteiger partial charge in [0, 0.05) is 19.4 Å². The number of nitrogen functional groups attached to an aromatic ring is 1. The Morgan fingerprint density at radius 1 is 1.25 bits per heavy atom. The third-order valence-corrected chi connectivity index (χ3v) is 3.54. The van der Waals surface area contributed by atoms with Crippen LogP contribution in [0.5, 0.6) is 0 Å². The molecular formula is C12H23N3S. The van der Waals surface area contributed by atoms with E-state index in [1.165, 1.54) is 0 Å². The van der Waals surface area contributed by atoms with Crippen LogP contribution in [0.15, 0.2) is 0 Å². The molecule has 0 aromatic carbocycles. The Kier molecular flexibility index (Phi) is 5.74. The smallest absolute Gasteiger partial charge is 0.126 e. The van der Waals surface area contributed by atoms with Gasteiger partial charge in [0.1, 0.15) is 11.6 Å². The van der Waals surface area contributed by atoms with Crippen molar-refractivity contribution in [1.29, 1.82) is 0 Å². The molecule has 0 bridgehead atoms. The van der Waals surface area contributed by atoms with Gasteiger partial charge in [-0.2, -0.15) is 11.8 Å². The number of nitrogens with zero attached hydrogens (tertiary/aromatic N) is 2. The average molecular weight is 241 g/mol. The number of imidazole rings is 1. The largest absolute Gasteiger partial charge is 0.384 e. The van der Waals surface area contributed by atoms with Crippen LogP contribution in [0.4, 0.5) is 5.82 Å². The number of hydrogen-bond acceptors (Lipinski definition) is 3. The maximum Gasteiger partial charge on any atom is 0.126 e. The van der Waals surface area contributed by atoms with Crippen LogP contribution in [0.3, 0.4) is 0 Å². The molecule has 3 nitrogen and oxygen atoms in total. The monoisotopic (exact) mass is 241 g/mol. The van der Waals surface area contributed by atoms with Crippen LogP contribution < -0.4 is 5.73 Å². The Labute approximate surface area is 103 Å². The number of hydrogen-bond donors (Lipinski definition) is 1. The van der Waals surface area contributed by atoms with E-state index in [1.54, 1.807) is 0 Å². The second-order valence-corrected chi connectivity index (χ2v) is 5.19. The predicted octanol–water partition coefficient (Wildman–Crippen LogP) is 2.73. The quantitative estimate of drug-likeness (QED) is 0.747. The Morgan fingerprint density at radius 2 is 2.00 bits per heavy atom. The molecule has 92 valence electrons. The van der Waals surface area contributed by atoms with Crippen LogP contribution in [-0.4, -0.2) is 21.1 Å². The third kappa shape index (κ3) is 3.17. The molecule has 0 saturated carbocycles. The lowest BCUT2D eigenvalue weighted by Gasteiger charge is -2.05. The standard InChI is InChI=1S/C12H23N3S/c1-4-7-11-14-10(8-9-16-6-3)12(13)15(11)5-2/h4-9,13H2,1-3H3. The van der Waals surface area contributed by atoms with Gasteiger partial charge in [0.2, 0.25) is 0 Å². The van der Waals surface area contributed by atoms with E-state index >= 15 is 0 Å². The highest BCUT2D eigenvalue weighted by Crippen LogP contribution is 2.18. The van der Waals surface area contributed by atoms with Crippen molar-refractivity contribution in [3.8, 4) is 0 Å². The number of anilines is 1. The van der Waals surface area contributed by atoms with Crippen LogP contribution in [0.25, 0.3) is 0 Å². The van der Waals surface area contributed by atoms with Crippen LogP contribution in [0.1, 0.15) is 38.7 Å². The number of nitrogens with two attached hydrogens (primary N) is 1. The van der Waals surface area contributed by atoms with Crippen molar-refractivity contribution in [3.63, 3.8) is 0 Å². The summed E-state index contributed by atoms with van der Waals surface area (Å²) in [6.45, 7) is 7.41. The summed E-state index contributed by atoms with van der Waals surface area (Å²) in [7, 11) is 0. The topological polar surface area (TPSA) is 43.8 Å². The fraction of sp³-hybridized carbons (Fsp3) is 0.750. The van der Waals surface area contributed by atoms with Crippen LogP contribution >= 0.6 is 11.8 Å². The zero-order chi connectivity index (χ0) is 12.0. The molecule has 0 radical (unpaired) electrons. The van der Waals surface area contributed by atoms with Gasteiger partial charge in [0.05, 0.1) is 5.69 Å². The van der Waals surface area contributed by atoms with Crippen molar-refractivity contribution in [2.75, 3.05) is 17.2 Å². The summed E-state index contributed by atoms with van der Waals surface area (Å²) in [4.78, 5) is 4.67. The third-order valence-electron chi connectivity index (χ3n) is 2.64. The average Bonchev–Trinajstić information content (AvgIpc) is 2.56. The lowest BCUT2D eigenvalue weighted by atomic mass is 10.3. The minimum atomic E-state index is 0.877. The first-order chi connectivity index (χ1) is 7.74. The number of aromatic nitrogens is 2. The van der Waals surface area contributed by atoms with Gasteiger partial charge in [-0.05, 0) is 24.9 Å². The van der Waals surface area contributed by atoms with E-state index in [0.29, 0.717) is 0 Å². The van der Waals surface area contributed by atoms with Gasteiger partial charge in [0.25, 0.3) is 0 Å². The van der Waals surface area contributed by atoms with E-state index in [-0.39, 0.29) is 0 Å². The maximum absolute atomic E-state index is 6.12. The van der Waals surface area contributed by atoms with E-state index in [9.17, 15) is 0 Å². The predicted molar refractivity (Wildman–Crippen MR) is 73.0 cm³/mol. The summed E-state index contributed by atoms with van der Waals surface area (Å²) < 4.78 is 2.15. The summed E-state index contributed by atoms with van der Waals surface area (Å²) in [5.74, 6) is 4.31. The second kappa shape index (κ2) is 6.84. The first-order valence-corrected chi connectivity index (χ1v) is 7.31. The summed E-state index contributed by atoms with van der Waals surface area (Å²) in [5.41, 5.74) is 7.21. The molecule has 4 heteroatoms. The molecule has 0 saturated heterocycles. The van der Waals surface area contributed by atoms with Crippen LogP contribution in [-0.2, 0) is 19.4 Å². The van der Waals surface area contributed by atoms with Crippen molar-refractivity contribution in [2.24, 2.45) is 0 Å². The Balaban J connectivity index is 2.76. The van der Waals surface area contributed by atoms with Crippen molar-refractivity contribution < 1.29 is 0 Å². The molecule has 1 aromatic rings. The molecule has 2 N–H and O–H groups in total. The number of rotatable bonds is 7. The van der Waals surface area contributed by atoms with E-state index in [4.69, 9.17) is 5.73 Å². The Morgan fingerprint density at radius 3 is 2.56 bits per heavy atom. The molecule has 0 aliphatic rings. The van der Waals surface area contributed by atoms with Crippen molar-refractivity contribution >= 4 is 17.6 Å². The highest BCUT2D eigenvalue weighted by molar-refractivity contribution is 7.99. The van der Waals surface area contributed by atoms with E-state index in [2.05, 4.69) is 30.3 Å². The molecule has 0 amide bonds. The minimum absolute atomic E-state index is 0.877. The highest BCUT2D eigenvalue weighted by Gasteiger charge is 2.12. The van der Waals surface area contributed by atoms with Gasteiger partial charge in [-0.1, -0.05) is 13.8 Å². The molecule has 1 rings (SSSR count). The normalized spacial score (nSPS) is 10.9. The lowest BCUT2D eigenvalue weighted by Crippen LogP contribution is -2.05. The number of thioether (sulfide) groups is 1. The van der Waals surface area contributed by atoms with Gasteiger partial charge in [-0.15, -0.1) is 0 Å². The molecule has 0 fully saturated rings. The molecule has 0 spiro atoms. The fourth-order valence-electron chi connectivity index (χ4n) is 1.83. The molecule has 0 unspecified atom stereocenters. The molecule has 0 aliphatic heterocycles. The lowest BCUT2D eigenvalue weighted by molar-refractivity contribution is 0.690. The van der Waals surface area contributed by atoms with E-state index in [0.717, 1.165) is 54.6 Å². The van der Waals surface area contributed by atoms with Crippen LogP contribution in [0, 0.1) is 0 Å². The maximum atomic E-state index is 6.12. The van der Waals surface area contributed by atoms with Crippen LogP contribution in [0.2, 0.25) is 0 Å². The summed E-state index contributed by atoms with van der Waals surface area (Å²) in [6, 6.07) is 0. The first kappa shape index (κ1) is 13.4. The second-order valence-electron chi connectivity index (χ2n) is 3.80. The number of aryl methyl sites for hydroxylation is 2. The van der Waals surface area contributed by atoms with Gasteiger partial charge >= 0.3 is 0 Å². The summed E-state index contributed by atoms with van der Waals surface area (Å²) in [6.07, 6.45) is 3.15. The van der Waals surface area contributed by atoms with E-state index < -0.39 is 0 Å². The molecular weight excluding hydrogens is 218 g/mol. The summed E-state index contributed by atoms with van der Waals surface area (Å²) >= 11 is 1.94. The highest BCUT2D eigenvalue weighted by atomic mass is 32.2. The van der Waals surface area contributed by atoms with Gasteiger partial charge in [-0.25, -0.2) is 4.98 Å².